The smallest absolute Gasteiger partial charge is 0.335 e. The fourth-order valence-corrected chi connectivity index (χ4v) is 3.48. The maximum atomic E-state index is 12.4. The minimum absolute atomic E-state index is 0.212. The van der Waals surface area contributed by atoms with Gasteiger partial charge in [0.15, 0.2) is 6.04 Å². The van der Waals surface area contributed by atoms with E-state index in [1.54, 1.807) is 36.5 Å². The van der Waals surface area contributed by atoms with Crippen LogP contribution in [0.25, 0.3) is 16.6 Å². The van der Waals surface area contributed by atoms with Gasteiger partial charge in [-0.05, 0) is 23.8 Å². The van der Waals surface area contributed by atoms with E-state index in [-0.39, 0.29) is 12.0 Å². The number of aromatic nitrogens is 3. The van der Waals surface area contributed by atoms with Crippen LogP contribution in [0.2, 0.25) is 0 Å². The number of nitrogens with one attached hydrogen (secondary N) is 2. The van der Waals surface area contributed by atoms with Crippen molar-refractivity contribution in [2.45, 2.75) is 12.5 Å². The second kappa shape index (κ2) is 8.76. The Balaban J connectivity index is 1.73. The lowest BCUT2D eigenvalue weighted by Gasteiger charge is -2.11. The molecule has 0 spiro atoms. The van der Waals surface area contributed by atoms with Gasteiger partial charge in [0.1, 0.15) is 5.56 Å². The zero-order chi connectivity index (χ0) is 22.7. The SMILES string of the molecule is COC(=O)[C@H](Cc1c[nH]c2ccccc12)N=Cc1c(O)n(-c2ccccc2)c(=O)[nH]c1=O. The van der Waals surface area contributed by atoms with Crippen LogP contribution in [0.5, 0.6) is 5.88 Å². The maximum absolute atomic E-state index is 12.4. The molecule has 2 aromatic carbocycles. The Kier molecular flexibility index (Phi) is 5.71. The largest absolute Gasteiger partial charge is 0.493 e. The molecule has 0 aliphatic carbocycles. The fourth-order valence-electron chi connectivity index (χ4n) is 3.48. The summed E-state index contributed by atoms with van der Waals surface area (Å²) in [6.07, 6.45) is 3.09. The summed E-state index contributed by atoms with van der Waals surface area (Å²) in [7, 11) is 1.25. The third-order valence-corrected chi connectivity index (χ3v) is 5.08. The molecule has 9 heteroatoms. The number of hydrogen-bond acceptors (Lipinski definition) is 6. The number of ether oxygens (including phenoxy) is 1. The monoisotopic (exact) mass is 432 g/mol. The molecule has 0 amide bonds. The van der Waals surface area contributed by atoms with Gasteiger partial charge in [-0.1, -0.05) is 36.4 Å². The van der Waals surface area contributed by atoms with Crippen LogP contribution in [0.4, 0.5) is 0 Å². The van der Waals surface area contributed by atoms with Gasteiger partial charge in [0.05, 0.1) is 12.8 Å². The lowest BCUT2D eigenvalue weighted by Crippen LogP contribution is -2.31. The molecule has 0 aliphatic heterocycles. The summed E-state index contributed by atoms with van der Waals surface area (Å²) in [4.78, 5) is 46.5. The van der Waals surface area contributed by atoms with Crippen molar-refractivity contribution in [3.8, 4) is 11.6 Å². The molecule has 32 heavy (non-hydrogen) atoms. The Morgan fingerprint density at radius 1 is 1.16 bits per heavy atom. The van der Waals surface area contributed by atoms with Gasteiger partial charge in [-0.25, -0.2) is 14.2 Å². The predicted octanol–water partition coefficient (Wildman–Crippen LogP) is 1.92. The van der Waals surface area contributed by atoms with Gasteiger partial charge in [-0.15, -0.1) is 0 Å². The molecule has 1 atom stereocenters. The van der Waals surface area contributed by atoms with Crippen molar-refractivity contribution < 1.29 is 14.6 Å². The van der Waals surface area contributed by atoms with Crippen LogP contribution >= 0.6 is 0 Å². The first kappa shape index (κ1) is 20.9. The lowest BCUT2D eigenvalue weighted by molar-refractivity contribution is -0.142. The lowest BCUT2D eigenvalue weighted by atomic mass is 10.1. The Bertz CT molecular complexity index is 1420. The number of esters is 1. The molecule has 4 rings (SSSR count). The highest BCUT2D eigenvalue weighted by atomic mass is 16.5. The quantitative estimate of drug-likeness (QED) is 0.317. The fraction of sp³-hybridized carbons (Fsp3) is 0.130. The molecule has 0 saturated carbocycles. The van der Waals surface area contributed by atoms with Crippen molar-refractivity contribution in [3.05, 3.63) is 92.8 Å². The summed E-state index contributed by atoms with van der Waals surface area (Å²) in [5, 5.41) is 11.6. The Labute approximate surface area is 181 Å². The molecule has 0 bridgehead atoms. The molecule has 4 aromatic rings. The van der Waals surface area contributed by atoms with Gasteiger partial charge < -0.3 is 14.8 Å². The second-order valence-corrected chi connectivity index (χ2v) is 7.05. The van der Waals surface area contributed by atoms with Crippen LogP contribution in [-0.4, -0.2) is 45.0 Å². The third kappa shape index (κ3) is 3.95. The van der Waals surface area contributed by atoms with Crippen LogP contribution in [0.1, 0.15) is 11.1 Å². The van der Waals surface area contributed by atoms with E-state index in [1.807, 2.05) is 24.3 Å². The van der Waals surface area contributed by atoms with Gasteiger partial charge in [0.2, 0.25) is 5.88 Å². The van der Waals surface area contributed by atoms with Crippen LogP contribution in [-0.2, 0) is 16.0 Å². The van der Waals surface area contributed by atoms with E-state index in [1.165, 1.54) is 7.11 Å². The summed E-state index contributed by atoms with van der Waals surface area (Å²) in [6, 6.07) is 15.0. The van der Waals surface area contributed by atoms with Crippen molar-refractivity contribution in [1.29, 1.82) is 0 Å². The van der Waals surface area contributed by atoms with E-state index >= 15 is 0 Å². The topological polar surface area (TPSA) is 130 Å². The average molecular weight is 432 g/mol. The third-order valence-electron chi connectivity index (χ3n) is 5.08. The van der Waals surface area contributed by atoms with Crippen LogP contribution in [0.15, 0.2) is 75.4 Å². The molecule has 3 N–H and O–H groups in total. The molecule has 2 heterocycles. The molecule has 9 nitrogen and oxygen atoms in total. The van der Waals surface area contributed by atoms with Crippen molar-refractivity contribution in [2.75, 3.05) is 7.11 Å². The average Bonchev–Trinajstić information content (AvgIpc) is 3.21. The first-order chi connectivity index (χ1) is 15.5. The maximum Gasteiger partial charge on any atom is 0.335 e. The molecule has 0 fully saturated rings. The zero-order valence-electron chi connectivity index (χ0n) is 17.1. The standard InChI is InChI=1S/C23H20N4O5/c1-32-22(30)19(11-14-12-24-18-10-6-5-9-16(14)18)25-13-17-20(28)26-23(31)27(21(17)29)15-7-3-2-4-8-15/h2-10,12-13,19,24,29H,11H2,1H3,(H,26,28,31)/t19-/m0/s1. The molecule has 162 valence electrons. The van der Waals surface area contributed by atoms with Gasteiger partial charge in [-0.3, -0.25) is 14.8 Å². The van der Waals surface area contributed by atoms with Crippen molar-refractivity contribution >= 4 is 23.1 Å². The number of benzene rings is 2. The number of carbonyl (C=O) groups excluding carboxylic acids is 1. The highest BCUT2D eigenvalue weighted by molar-refractivity contribution is 5.87. The number of fused-ring (bicyclic) bond motifs is 1. The minimum Gasteiger partial charge on any atom is -0.493 e. The number of nitrogens with zero attached hydrogens (tertiary/aromatic N) is 2. The van der Waals surface area contributed by atoms with Crippen LogP contribution < -0.4 is 11.2 Å². The summed E-state index contributed by atoms with van der Waals surface area (Å²) in [5.74, 6) is -1.18. The van der Waals surface area contributed by atoms with Crippen molar-refractivity contribution in [2.24, 2.45) is 4.99 Å². The van der Waals surface area contributed by atoms with E-state index in [2.05, 4.69) is 15.0 Å². The van der Waals surface area contributed by atoms with Gasteiger partial charge in [0.25, 0.3) is 5.56 Å². The number of rotatable bonds is 6. The number of methoxy groups -OCH3 is 1. The molecule has 0 saturated heterocycles. The van der Waals surface area contributed by atoms with E-state index in [9.17, 15) is 19.5 Å². The molecule has 0 radical (unpaired) electrons. The van der Waals surface area contributed by atoms with Crippen LogP contribution in [0.3, 0.4) is 0 Å². The Hall–Kier alpha value is -4.40. The highest BCUT2D eigenvalue weighted by Crippen LogP contribution is 2.21. The summed E-state index contributed by atoms with van der Waals surface area (Å²) in [6.45, 7) is 0. The number of para-hydroxylation sites is 2. The number of aliphatic imine (C=N–C) groups is 1. The van der Waals surface area contributed by atoms with E-state index in [0.717, 1.165) is 27.2 Å². The first-order valence-electron chi connectivity index (χ1n) is 9.79. The molecule has 0 unspecified atom stereocenters. The first-order valence-corrected chi connectivity index (χ1v) is 9.79. The van der Waals surface area contributed by atoms with E-state index < -0.39 is 29.1 Å². The summed E-state index contributed by atoms with van der Waals surface area (Å²) >= 11 is 0. The predicted molar refractivity (Wildman–Crippen MR) is 120 cm³/mol. The summed E-state index contributed by atoms with van der Waals surface area (Å²) < 4.78 is 5.82. The molecule has 2 aromatic heterocycles. The molecular formula is C23H20N4O5. The molecule has 0 aliphatic rings. The van der Waals surface area contributed by atoms with Crippen molar-refractivity contribution in [3.63, 3.8) is 0 Å². The van der Waals surface area contributed by atoms with E-state index in [0.29, 0.717) is 5.69 Å². The van der Waals surface area contributed by atoms with Gasteiger partial charge in [-0.2, -0.15) is 0 Å². The number of H-pyrrole nitrogens is 2. The Morgan fingerprint density at radius 3 is 2.62 bits per heavy atom. The van der Waals surface area contributed by atoms with Gasteiger partial charge in [0, 0.05) is 29.7 Å². The number of aromatic amines is 2. The Morgan fingerprint density at radius 2 is 1.88 bits per heavy atom. The van der Waals surface area contributed by atoms with Crippen molar-refractivity contribution in [1.82, 2.24) is 14.5 Å². The highest BCUT2D eigenvalue weighted by Gasteiger charge is 2.21. The normalized spacial score (nSPS) is 12.3. The minimum atomic E-state index is -0.963. The number of aromatic hydroxyl groups is 1. The summed E-state index contributed by atoms with van der Waals surface area (Å²) in [5.41, 5.74) is 0.267. The van der Waals surface area contributed by atoms with Gasteiger partial charge >= 0.3 is 11.7 Å². The number of carbonyl (C=O) groups is 1. The zero-order valence-corrected chi connectivity index (χ0v) is 17.1. The van der Waals surface area contributed by atoms with Crippen LogP contribution in [0, 0.1) is 0 Å². The van der Waals surface area contributed by atoms with E-state index in [4.69, 9.17) is 4.74 Å². The number of hydrogen-bond donors (Lipinski definition) is 3. The second-order valence-electron chi connectivity index (χ2n) is 7.05. The molecular weight excluding hydrogens is 412 g/mol.